The fourth-order valence-corrected chi connectivity index (χ4v) is 2.78. The van der Waals surface area contributed by atoms with Crippen LogP contribution < -0.4 is 9.46 Å². The van der Waals surface area contributed by atoms with Crippen LogP contribution in [-0.2, 0) is 10.0 Å². The predicted molar refractivity (Wildman–Crippen MR) is 72.7 cm³/mol. The van der Waals surface area contributed by atoms with Gasteiger partial charge in [-0.05, 0) is 24.3 Å². The molecule has 1 aromatic heterocycles. The number of nitrogens with zero attached hydrogens (tertiary/aromatic N) is 2. The number of benzene rings is 1. The van der Waals surface area contributed by atoms with E-state index in [1.165, 1.54) is 37.6 Å². The number of anilines is 1. The number of aromatic nitrogens is 1. The number of halogens is 1. The number of nitriles is 1. The van der Waals surface area contributed by atoms with E-state index in [4.69, 9.17) is 10.00 Å². The van der Waals surface area contributed by atoms with Crippen molar-refractivity contribution in [2.75, 3.05) is 11.8 Å². The molecule has 0 spiro atoms. The molecule has 2 rings (SSSR count). The van der Waals surface area contributed by atoms with Gasteiger partial charge < -0.3 is 4.74 Å². The lowest BCUT2D eigenvalue weighted by Crippen LogP contribution is -2.15. The lowest BCUT2D eigenvalue weighted by Gasteiger charge is -2.10. The number of hydrogen-bond donors (Lipinski definition) is 1. The van der Waals surface area contributed by atoms with Gasteiger partial charge in [-0.25, -0.2) is 17.8 Å². The Morgan fingerprint density at radius 3 is 2.81 bits per heavy atom. The van der Waals surface area contributed by atoms with Crippen LogP contribution in [0.15, 0.2) is 41.4 Å². The van der Waals surface area contributed by atoms with E-state index < -0.39 is 15.8 Å². The first-order valence-electron chi connectivity index (χ1n) is 5.69. The molecule has 6 nitrogen and oxygen atoms in total. The zero-order valence-corrected chi connectivity index (χ0v) is 11.7. The standard InChI is InChI=1S/C13H10FN3O3S/c1-20-12-7-9(4-5-10(12)14)17-21(18,19)13-3-2-6-16-11(13)8-15/h2-7,17H,1H3. The summed E-state index contributed by atoms with van der Waals surface area (Å²) in [6, 6.07) is 7.89. The van der Waals surface area contributed by atoms with E-state index in [1.54, 1.807) is 6.07 Å². The molecule has 108 valence electrons. The van der Waals surface area contributed by atoms with Crippen molar-refractivity contribution in [3.05, 3.63) is 48.0 Å². The van der Waals surface area contributed by atoms with Gasteiger partial charge >= 0.3 is 0 Å². The summed E-state index contributed by atoms with van der Waals surface area (Å²) in [5.41, 5.74) is -0.111. The maximum Gasteiger partial charge on any atom is 0.264 e. The SMILES string of the molecule is COc1cc(NS(=O)(=O)c2cccnc2C#N)ccc1F. The predicted octanol–water partition coefficient (Wildman–Crippen LogP) is 1.90. The molecule has 0 aliphatic rings. The molecule has 0 aliphatic heterocycles. The molecule has 2 aromatic rings. The van der Waals surface area contributed by atoms with Gasteiger partial charge in [0.15, 0.2) is 17.3 Å². The van der Waals surface area contributed by atoms with Gasteiger partial charge in [-0.15, -0.1) is 0 Å². The minimum Gasteiger partial charge on any atom is -0.494 e. The molecule has 0 saturated heterocycles. The van der Waals surface area contributed by atoms with E-state index in [1.807, 2.05) is 0 Å². The number of nitrogens with one attached hydrogen (secondary N) is 1. The van der Waals surface area contributed by atoms with E-state index in [9.17, 15) is 12.8 Å². The summed E-state index contributed by atoms with van der Waals surface area (Å²) in [5.74, 6) is -0.707. The summed E-state index contributed by atoms with van der Waals surface area (Å²) >= 11 is 0. The van der Waals surface area contributed by atoms with Crippen LogP contribution in [0, 0.1) is 17.1 Å². The molecule has 0 unspecified atom stereocenters. The van der Waals surface area contributed by atoms with Crippen molar-refractivity contribution in [1.82, 2.24) is 4.98 Å². The van der Waals surface area contributed by atoms with Crippen LogP contribution in [0.5, 0.6) is 5.75 Å². The highest BCUT2D eigenvalue weighted by Gasteiger charge is 2.20. The Kier molecular flexibility index (Phi) is 4.05. The van der Waals surface area contributed by atoms with Crippen molar-refractivity contribution in [3.8, 4) is 11.8 Å². The monoisotopic (exact) mass is 307 g/mol. The second kappa shape index (κ2) is 5.76. The van der Waals surface area contributed by atoms with Crippen molar-refractivity contribution in [3.63, 3.8) is 0 Å². The lowest BCUT2D eigenvalue weighted by molar-refractivity contribution is 0.387. The molecule has 1 aromatic carbocycles. The molecule has 0 amide bonds. The van der Waals surface area contributed by atoms with Gasteiger partial charge in [-0.2, -0.15) is 5.26 Å². The average molecular weight is 307 g/mol. The largest absolute Gasteiger partial charge is 0.494 e. The smallest absolute Gasteiger partial charge is 0.264 e. The number of rotatable bonds is 4. The van der Waals surface area contributed by atoms with Crippen LogP contribution in [-0.4, -0.2) is 20.5 Å². The van der Waals surface area contributed by atoms with Crippen LogP contribution in [0.25, 0.3) is 0 Å². The number of methoxy groups -OCH3 is 1. The summed E-state index contributed by atoms with van der Waals surface area (Å²) in [6.45, 7) is 0. The fourth-order valence-electron chi connectivity index (χ4n) is 1.62. The average Bonchev–Trinajstić information content (AvgIpc) is 2.49. The Morgan fingerprint density at radius 1 is 1.38 bits per heavy atom. The molecule has 0 bridgehead atoms. The highest BCUT2D eigenvalue weighted by Crippen LogP contribution is 2.24. The zero-order chi connectivity index (χ0) is 15.5. The fraction of sp³-hybridized carbons (Fsp3) is 0.0769. The summed E-state index contributed by atoms with van der Waals surface area (Å²) in [6.07, 6.45) is 1.32. The van der Waals surface area contributed by atoms with Gasteiger partial charge in [0.25, 0.3) is 10.0 Å². The van der Waals surface area contributed by atoms with Crippen molar-refractivity contribution < 1.29 is 17.5 Å². The van der Waals surface area contributed by atoms with Crippen LogP contribution in [0.3, 0.4) is 0 Å². The first kappa shape index (κ1) is 14.7. The van der Waals surface area contributed by atoms with Gasteiger partial charge in [0.2, 0.25) is 0 Å². The van der Waals surface area contributed by atoms with Crippen LogP contribution >= 0.6 is 0 Å². The quantitative estimate of drug-likeness (QED) is 0.931. The Balaban J connectivity index is 2.40. The van der Waals surface area contributed by atoms with Gasteiger partial charge in [0, 0.05) is 12.3 Å². The molecular formula is C13H10FN3O3S. The van der Waals surface area contributed by atoms with E-state index in [0.717, 1.165) is 6.07 Å². The Bertz CT molecular complexity index is 816. The lowest BCUT2D eigenvalue weighted by atomic mass is 10.3. The number of pyridine rings is 1. The molecule has 0 atom stereocenters. The van der Waals surface area contributed by atoms with Crippen molar-refractivity contribution >= 4 is 15.7 Å². The van der Waals surface area contributed by atoms with Crippen molar-refractivity contribution in [2.24, 2.45) is 0 Å². The number of sulfonamides is 1. The highest BCUT2D eigenvalue weighted by molar-refractivity contribution is 7.92. The van der Waals surface area contributed by atoms with Gasteiger partial charge in [0.05, 0.1) is 12.8 Å². The normalized spacial score (nSPS) is 10.7. The molecule has 8 heteroatoms. The second-order valence-corrected chi connectivity index (χ2v) is 5.57. The molecule has 1 heterocycles. The zero-order valence-electron chi connectivity index (χ0n) is 10.9. The third kappa shape index (κ3) is 3.09. The topological polar surface area (TPSA) is 92.1 Å². The molecule has 1 N–H and O–H groups in total. The maximum atomic E-state index is 13.3. The first-order valence-corrected chi connectivity index (χ1v) is 7.17. The molecular weight excluding hydrogens is 297 g/mol. The molecule has 0 radical (unpaired) electrons. The molecule has 21 heavy (non-hydrogen) atoms. The third-order valence-corrected chi connectivity index (χ3v) is 3.98. The van der Waals surface area contributed by atoms with Gasteiger partial charge in [-0.1, -0.05) is 0 Å². The van der Waals surface area contributed by atoms with Crippen LogP contribution in [0.1, 0.15) is 5.69 Å². The highest BCUT2D eigenvalue weighted by atomic mass is 32.2. The summed E-state index contributed by atoms with van der Waals surface area (Å²) in [5, 5.41) is 8.89. The summed E-state index contributed by atoms with van der Waals surface area (Å²) in [4.78, 5) is 3.43. The molecule has 0 fully saturated rings. The number of ether oxygens (including phenoxy) is 1. The Morgan fingerprint density at radius 2 is 2.14 bits per heavy atom. The molecule has 0 saturated carbocycles. The van der Waals surface area contributed by atoms with Crippen molar-refractivity contribution in [2.45, 2.75) is 4.90 Å². The second-order valence-electron chi connectivity index (χ2n) is 3.92. The van der Waals surface area contributed by atoms with E-state index in [0.29, 0.717) is 0 Å². The molecule has 0 aliphatic carbocycles. The Labute approximate surface area is 120 Å². The van der Waals surface area contributed by atoms with E-state index in [2.05, 4.69) is 9.71 Å². The van der Waals surface area contributed by atoms with Gasteiger partial charge in [-0.3, -0.25) is 4.72 Å². The number of hydrogen-bond acceptors (Lipinski definition) is 5. The van der Waals surface area contributed by atoms with E-state index >= 15 is 0 Å². The minimum absolute atomic E-state index is 0.0955. The van der Waals surface area contributed by atoms with Crippen LogP contribution in [0.2, 0.25) is 0 Å². The summed E-state index contributed by atoms with van der Waals surface area (Å²) in [7, 11) is -2.74. The first-order chi connectivity index (χ1) is 9.97. The summed E-state index contributed by atoms with van der Waals surface area (Å²) < 4.78 is 44.8. The third-order valence-electron chi connectivity index (χ3n) is 2.57. The van der Waals surface area contributed by atoms with E-state index in [-0.39, 0.29) is 22.0 Å². The van der Waals surface area contributed by atoms with Gasteiger partial charge in [0.1, 0.15) is 11.0 Å². The minimum atomic E-state index is -4.01. The maximum absolute atomic E-state index is 13.3. The van der Waals surface area contributed by atoms with Crippen molar-refractivity contribution in [1.29, 1.82) is 5.26 Å². The van der Waals surface area contributed by atoms with Crippen LogP contribution in [0.4, 0.5) is 10.1 Å². The Hall–Kier alpha value is -2.66.